The zero-order valence-electron chi connectivity index (χ0n) is 38.3. The van der Waals surface area contributed by atoms with E-state index in [1.54, 1.807) is 50.5 Å². The van der Waals surface area contributed by atoms with Crippen LogP contribution in [0, 0.1) is 0 Å². The van der Waals surface area contributed by atoms with Gasteiger partial charge in [0.2, 0.25) is 20.0 Å². The number of aldehydes is 1. The Morgan fingerprint density at radius 2 is 1.12 bits per heavy atom. The van der Waals surface area contributed by atoms with Gasteiger partial charge in [-0.3, -0.25) is 4.79 Å². The minimum absolute atomic E-state index is 0.0794. The van der Waals surface area contributed by atoms with Crippen molar-refractivity contribution in [1.29, 1.82) is 0 Å². The number of nitrogens with one attached hydrogen (secondary N) is 4. The molecule has 2 amide bonds. The summed E-state index contributed by atoms with van der Waals surface area (Å²) < 4.78 is 83.0. The Morgan fingerprint density at radius 3 is 1.49 bits per heavy atom. The number of rotatable bonds is 16. The van der Waals surface area contributed by atoms with E-state index in [4.69, 9.17) is 17.1 Å². The maximum absolute atomic E-state index is 12.7. The van der Waals surface area contributed by atoms with Crippen molar-refractivity contribution in [1.82, 2.24) is 30.0 Å². The Balaban J connectivity index is 0.000000276. The van der Waals surface area contributed by atoms with Gasteiger partial charge in [0, 0.05) is 66.1 Å². The standard InChI is InChI=1S/C22H31N3O5S2.C22H29N3O5S2.Mn.2O/c2*1-4-24-32(28,29)20-11-15(13-26)5-10-18(20)19-12-23-21(31-19)16-6-8-17(9-7-16)25-22(27)30-14(2)3;;;/h5,10-12,14,16-17,24,26H,4,6-9,13H2,1-3H3,(H,25,27);5,10-14,16-17,24H,4,6-9H2,1-3H3,(H,25,27);;;. The molecule has 4 aromatic rings. The first-order chi connectivity index (χ1) is 31.9. The molecule has 2 aromatic heterocycles. The molecule has 2 aliphatic carbocycles. The molecule has 2 aromatic carbocycles. The van der Waals surface area contributed by atoms with E-state index in [0.29, 0.717) is 28.5 Å². The summed E-state index contributed by atoms with van der Waals surface area (Å²) in [5.41, 5.74) is 1.96. The van der Waals surface area contributed by atoms with Crippen molar-refractivity contribution in [3.8, 4) is 20.9 Å². The summed E-state index contributed by atoms with van der Waals surface area (Å²) in [6.07, 6.45) is 9.92. The molecule has 0 aliphatic heterocycles. The first-order valence-electron chi connectivity index (χ1n) is 22.0. The number of aromatic nitrogens is 2. The van der Waals surface area contributed by atoms with Gasteiger partial charge >= 0.3 is 34.7 Å². The number of nitrogens with zero attached hydrogens (tertiary/aromatic N) is 2. The van der Waals surface area contributed by atoms with Gasteiger partial charge in [0.25, 0.3) is 0 Å². The van der Waals surface area contributed by atoms with Gasteiger partial charge in [-0.1, -0.05) is 38.1 Å². The van der Waals surface area contributed by atoms with Crippen molar-refractivity contribution in [2.24, 2.45) is 0 Å². The molecule has 2 heterocycles. The van der Waals surface area contributed by atoms with Crippen LogP contribution in [0.2, 0.25) is 0 Å². The number of alkyl carbamates (subject to hydrolysis) is 2. The van der Waals surface area contributed by atoms with Crippen LogP contribution in [-0.2, 0) is 58.6 Å². The first-order valence-corrected chi connectivity index (χ1v) is 27.5. The second-order valence-electron chi connectivity index (χ2n) is 16.3. The average molecular weight is 1050 g/mol. The van der Waals surface area contributed by atoms with Crippen molar-refractivity contribution >= 4 is 61.2 Å². The number of hydrogen-bond donors (Lipinski definition) is 5. The zero-order chi connectivity index (χ0) is 49.3. The van der Waals surface area contributed by atoms with Crippen LogP contribution in [0.5, 0.6) is 0 Å². The number of sulfonamides is 2. The van der Waals surface area contributed by atoms with Gasteiger partial charge in [-0.15, -0.1) is 22.7 Å². The van der Waals surface area contributed by atoms with E-state index in [9.17, 15) is 36.3 Å². The molecule has 18 nitrogen and oxygen atoms in total. The summed E-state index contributed by atoms with van der Waals surface area (Å²) in [6, 6.07) is 9.82. The van der Waals surface area contributed by atoms with Crippen molar-refractivity contribution in [3.05, 3.63) is 69.9 Å². The molecule has 2 fully saturated rings. The third kappa shape index (κ3) is 16.5. The number of aliphatic hydroxyl groups excluding tert-OH is 1. The van der Waals surface area contributed by atoms with E-state index in [1.807, 2.05) is 27.7 Å². The fourth-order valence-electron chi connectivity index (χ4n) is 7.67. The maximum atomic E-state index is 12.7. The molecule has 67 heavy (non-hydrogen) atoms. The van der Waals surface area contributed by atoms with Crippen LogP contribution in [0.1, 0.15) is 131 Å². The fourth-order valence-corrected chi connectivity index (χ4v) is 12.7. The predicted octanol–water partition coefficient (Wildman–Crippen LogP) is 7.60. The summed E-state index contributed by atoms with van der Waals surface area (Å²) >= 11 is 1.54. The van der Waals surface area contributed by atoms with Crippen molar-refractivity contribution in [3.63, 3.8) is 0 Å². The van der Waals surface area contributed by atoms with Crippen LogP contribution in [0.3, 0.4) is 0 Å². The molecular weight excluding hydrogens is 988 g/mol. The monoisotopic (exact) mass is 1050 g/mol. The third-order valence-electron chi connectivity index (χ3n) is 10.7. The van der Waals surface area contributed by atoms with Gasteiger partial charge < -0.3 is 25.2 Å². The van der Waals surface area contributed by atoms with E-state index in [2.05, 4.69) is 30.0 Å². The van der Waals surface area contributed by atoms with E-state index in [1.165, 1.54) is 34.8 Å². The number of thiazole rings is 2. The van der Waals surface area contributed by atoms with Crippen molar-refractivity contribution in [2.75, 3.05) is 13.1 Å². The minimum atomic E-state index is -3.75. The molecule has 0 spiro atoms. The molecular formula is C44H60MnN6O12S4. The molecule has 0 saturated heterocycles. The number of amides is 2. The summed E-state index contributed by atoms with van der Waals surface area (Å²) in [6.45, 7) is 11.0. The Labute approximate surface area is 406 Å². The molecule has 6 rings (SSSR count). The van der Waals surface area contributed by atoms with Gasteiger partial charge in [-0.05, 0) is 96.8 Å². The van der Waals surface area contributed by atoms with Crippen LogP contribution < -0.4 is 20.1 Å². The third-order valence-corrected chi connectivity index (χ3v) is 16.2. The van der Waals surface area contributed by atoms with Crippen molar-refractivity contribution in [2.45, 2.75) is 145 Å². The SMILES string of the molecule is CCNS(=O)(=O)c1cc(C=O)ccc1-c1cnc(C2CCC(NC(=O)OC(C)C)CC2)s1.CCNS(=O)(=O)c1cc(CO)ccc1-c1cnc(C2CCC(NC(=O)OC(C)C)CC2)s1.[O]=[Mn]=[O]. The zero-order valence-corrected chi connectivity index (χ0v) is 42.7. The quantitative estimate of drug-likeness (QED) is 0.0534. The number of carbonyl (C=O) groups excluding carboxylic acids is 3. The predicted molar refractivity (Wildman–Crippen MR) is 249 cm³/mol. The van der Waals surface area contributed by atoms with E-state index in [-0.39, 0.29) is 77.8 Å². The van der Waals surface area contributed by atoms with Gasteiger partial charge in [-0.25, -0.2) is 45.8 Å². The van der Waals surface area contributed by atoms with E-state index in [0.717, 1.165) is 71.1 Å². The molecule has 2 saturated carbocycles. The molecule has 0 atom stereocenters. The fraction of sp³-hybridized carbons (Fsp3) is 0.523. The van der Waals surface area contributed by atoms with Crippen LogP contribution in [0.4, 0.5) is 9.59 Å². The van der Waals surface area contributed by atoms with E-state index >= 15 is 0 Å². The van der Waals surface area contributed by atoms with Crippen LogP contribution in [-0.4, -0.2) is 87.8 Å². The molecule has 23 heteroatoms. The number of ether oxygens (including phenoxy) is 2. The molecule has 2 aliphatic rings. The van der Waals surface area contributed by atoms with Crippen molar-refractivity contribution < 1.29 is 68.3 Å². The molecule has 0 unspecified atom stereocenters. The second kappa shape index (κ2) is 26.5. The summed E-state index contributed by atoms with van der Waals surface area (Å²) in [7, 11) is -7.45. The molecule has 5 N–H and O–H groups in total. The Bertz CT molecular complexity index is 2530. The Hall–Kier alpha value is -4.19. The number of carbonyl (C=O) groups is 3. The average Bonchev–Trinajstić information content (AvgIpc) is 3.98. The summed E-state index contributed by atoms with van der Waals surface area (Å²) in [5, 5.41) is 17.2. The van der Waals surface area contributed by atoms with Crippen LogP contribution in [0.15, 0.2) is 58.6 Å². The number of benzene rings is 2. The normalized spacial score (nSPS) is 18.4. The molecule has 0 radical (unpaired) electrons. The molecule has 0 bridgehead atoms. The Morgan fingerprint density at radius 1 is 0.716 bits per heavy atom. The van der Waals surface area contributed by atoms with Gasteiger partial charge in [0.1, 0.15) is 6.29 Å². The first kappa shape index (κ1) is 55.4. The summed E-state index contributed by atoms with van der Waals surface area (Å²) in [4.78, 5) is 45.8. The van der Waals surface area contributed by atoms with Gasteiger partial charge in [0.05, 0.1) is 48.4 Å². The van der Waals surface area contributed by atoms with Gasteiger partial charge in [0.15, 0.2) is 0 Å². The number of hydrogen-bond acceptors (Lipinski definition) is 16. The second-order valence-corrected chi connectivity index (χ2v) is 22.1. The Kier molecular flexibility index (Phi) is 21.9. The summed E-state index contributed by atoms with van der Waals surface area (Å²) in [5.74, 6) is 0.537. The van der Waals surface area contributed by atoms with Crippen LogP contribution >= 0.6 is 22.7 Å². The van der Waals surface area contributed by atoms with Crippen LogP contribution in [0.25, 0.3) is 20.9 Å². The molecule has 369 valence electrons. The number of aliphatic hydroxyl groups is 1. The van der Waals surface area contributed by atoms with E-state index < -0.39 is 34.9 Å². The van der Waals surface area contributed by atoms with Gasteiger partial charge in [-0.2, -0.15) is 0 Å². The topological polar surface area (TPSA) is 266 Å².